The van der Waals surface area contributed by atoms with Gasteiger partial charge in [0.25, 0.3) is 0 Å². The number of hydrogen-bond acceptors (Lipinski definition) is 6. The molecule has 0 amide bonds. The van der Waals surface area contributed by atoms with Crippen LogP contribution in [0.25, 0.3) is 0 Å². The molecular formula is C18H37ClN6. The summed E-state index contributed by atoms with van der Waals surface area (Å²) in [6.45, 7) is 7.71. The van der Waals surface area contributed by atoms with Gasteiger partial charge >= 0.3 is 0 Å². The second-order valence-corrected chi connectivity index (χ2v) is 6.11. The van der Waals surface area contributed by atoms with E-state index in [0.29, 0.717) is 0 Å². The van der Waals surface area contributed by atoms with Crippen molar-refractivity contribution in [2.24, 2.45) is 17.2 Å². The Bertz CT molecular complexity index is 356. The maximum Gasteiger partial charge on any atom is 0.0205 e. The Morgan fingerprint density at radius 1 is 0.560 bits per heavy atom. The summed E-state index contributed by atoms with van der Waals surface area (Å²) in [5, 5.41) is 10.4. The second-order valence-electron chi connectivity index (χ2n) is 6.11. The summed E-state index contributed by atoms with van der Waals surface area (Å²) in [5.41, 5.74) is 20.6. The lowest BCUT2D eigenvalue weighted by atomic mass is 10.0. The molecule has 7 heteroatoms. The molecule has 0 saturated heterocycles. The highest BCUT2D eigenvalue weighted by molar-refractivity contribution is 5.85. The van der Waals surface area contributed by atoms with Crippen molar-refractivity contribution in [3.63, 3.8) is 0 Å². The minimum absolute atomic E-state index is 0. The highest BCUT2D eigenvalue weighted by Crippen LogP contribution is 2.11. The minimum Gasteiger partial charge on any atom is -0.330 e. The third kappa shape index (κ3) is 12.3. The van der Waals surface area contributed by atoms with E-state index in [4.69, 9.17) is 17.2 Å². The first kappa shape index (κ1) is 24.3. The van der Waals surface area contributed by atoms with E-state index in [9.17, 15) is 0 Å². The van der Waals surface area contributed by atoms with Gasteiger partial charge in [0.05, 0.1) is 0 Å². The molecule has 0 aromatic heterocycles. The van der Waals surface area contributed by atoms with Gasteiger partial charge in [0, 0.05) is 19.6 Å². The Morgan fingerprint density at radius 2 is 0.840 bits per heavy atom. The predicted molar refractivity (Wildman–Crippen MR) is 110 cm³/mol. The summed E-state index contributed by atoms with van der Waals surface area (Å²) >= 11 is 0. The van der Waals surface area contributed by atoms with Crippen LogP contribution in [0.1, 0.15) is 36.0 Å². The van der Waals surface area contributed by atoms with E-state index in [1.165, 1.54) is 16.7 Å². The zero-order valence-corrected chi connectivity index (χ0v) is 16.2. The van der Waals surface area contributed by atoms with Gasteiger partial charge in [-0.3, -0.25) is 0 Å². The van der Waals surface area contributed by atoms with E-state index in [2.05, 4.69) is 34.1 Å². The van der Waals surface area contributed by atoms with E-state index in [-0.39, 0.29) is 12.4 Å². The van der Waals surface area contributed by atoms with Gasteiger partial charge < -0.3 is 33.2 Å². The Hall–Kier alpha value is -0.730. The Labute approximate surface area is 159 Å². The molecule has 1 aromatic carbocycles. The molecule has 0 unspecified atom stereocenters. The van der Waals surface area contributed by atoms with Crippen molar-refractivity contribution >= 4 is 12.4 Å². The molecule has 146 valence electrons. The molecule has 9 N–H and O–H groups in total. The summed E-state index contributed by atoms with van der Waals surface area (Å²) in [7, 11) is 0. The molecule has 0 spiro atoms. The largest absolute Gasteiger partial charge is 0.330 e. The molecule has 0 aliphatic carbocycles. The monoisotopic (exact) mass is 372 g/mol. The summed E-state index contributed by atoms with van der Waals surface area (Å²) < 4.78 is 0. The van der Waals surface area contributed by atoms with Crippen LogP contribution in [0.2, 0.25) is 0 Å². The van der Waals surface area contributed by atoms with E-state index < -0.39 is 0 Å². The second kappa shape index (κ2) is 16.7. The molecule has 0 heterocycles. The van der Waals surface area contributed by atoms with Crippen LogP contribution in [0.3, 0.4) is 0 Å². The van der Waals surface area contributed by atoms with Crippen LogP contribution >= 0.6 is 12.4 Å². The number of rotatable bonds is 15. The molecule has 0 fully saturated rings. The van der Waals surface area contributed by atoms with Gasteiger partial charge in [-0.2, -0.15) is 0 Å². The Balaban J connectivity index is 0.00000576. The molecular weight excluding hydrogens is 336 g/mol. The first-order chi connectivity index (χ1) is 11.8. The van der Waals surface area contributed by atoms with Crippen LogP contribution < -0.4 is 33.2 Å². The topological polar surface area (TPSA) is 114 Å². The fourth-order valence-corrected chi connectivity index (χ4v) is 2.52. The van der Waals surface area contributed by atoms with Gasteiger partial charge in [-0.15, -0.1) is 12.4 Å². The van der Waals surface area contributed by atoms with Crippen molar-refractivity contribution < 1.29 is 0 Å². The molecule has 0 aliphatic rings. The van der Waals surface area contributed by atoms with Gasteiger partial charge in [0.15, 0.2) is 0 Å². The number of benzene rings is 1. The standard InChI is InChI=1S/C18H36N6.ClH/c19-4-1-7-22-13-16-10-17(14-23-8-2-5-20)12-18(11-16)15-24-9-3-6-21;/h10-12,22-24H,1-9,13-15,19-21H2;1H. The normalized spacial score (nSPS) is 10.7. The third-order valence-corrected chi connectivity index (χ3v) is 3.77. The molecule has 25 heavy (non-hydrogen) atoms. The minimum atomic E-state index is 0. The van der Waals surface area contributed by atoms with Crippen molar-refractivity contribution in [1.82, 2.24) is 16.0 Å². The molecule has 6 nitrogen and oxygen atoms in total. The van der Waals surface area contributed by atoms with Crippen LogP contribution in [0.4, 0.5) is 0 Å². The molecule has 0 radical (unpaired) electrons. The maximum atomic E-state index is 5.54. The lowest BCUT2D eigenvalue weighted by Gasteiger charge is -2.12. The lowest BCUT2D eigenvalue weighted by molar-refractivity contribution is 0.638. The summed E-state index contributed by atoms with van der Waals surface area (Å²) in [6.07, 6.45) is 3.02. The van der Waals surface area contributed by atoms with Crippen LogP contribution in [0.5, 0.6) is 0 Å². The van der Waals surface area contributed by atoms with Gasteiger partial charge in [0.2, 0.25) is 0 Å². The van der Waals surface area contributed by atoms with E-state index >= 15 is 0 Å². The van der Waals surface area contributed by atoms with E-state index in [0.717, 1.165) is 78.2 Å². The summed E-state index contributed by atoms with van der Waals surface area (Å²) in [5.74, 6) is 0. The molecule has 0 aliphatic heterocycles. The summed E-state index contributed by atoms with van der Waals surface area (Å²) in [4.78, 5) is 0. The molecule has 0 atom stereocenters. The van der Waals surface area contributed by atoms with Crippen LogP contribution in [-0.2, 0) is 19.6 Å². The van der Waals surface area contributed by atoms with Crippen molar-refractivity contribution in [3.8, 4) is 0 Å². The first-order valence-corrected chi connectivity index (χ1v) is 9.14. The van der Waals surface area contributed by atoms with Crippen LogP contribution in [0, 0.1) is 0 Å². The zero-order chi connectivity index (χ0) is 17.5. The third-order valence-electron chi connectivity index (χ3n) is 3.77. The fraction of sp³-hybridized carbons (Fsp3) is 0.667. The van der Waals surface area contributed by atoms with Crippen molar-refractivity contribution in [1.29, 1.82) is 0 Å². The SMILES string of the molecule is Cl.NCCCNCc1cc(CNCCCN)cc(CNCCCN)c1. The fourth-order valence-electron chi connectivity index (χ4n) is 2.52. The lowest BCUT2D eigenvalue weighted by Crippen LogP contribution is -2.21. The van der Waals surface area contributed by atoms with Gasteiger partial charge in [-0.05, 0) is 75.2 Å². The number of hydrogen-bond donors (Lipinski definition) is 6. The molecule has 1 rings (SSSR count). The zero-order valence-electron chi connectivity index (χ0n) is 15.4. The van der Waals surface area contributed by atoms with Crippen molar-refractivity contribution in [2.45, 2.75) is 38.9 Å². The highest BCUT2D eigenvalue weighted by atomic mass is 35.5. The quantitative estimate of drug-likeness (QED) is 0.249. The molecule has 0 bridgehead atoms. The number of halogens is 1. The van der Waals surface area contributed by atoms with Gasteiger partial charge in [-0.25, -0.2) is 0 Å². The Kier molecular flexibility index (Phi) is 16.2. The van der Waals surface area contributed by atoms with Gasteiger partial charge in [-0.1, -0.05) is 18.2 Å². The molecule has 0 saturated carbocycles. The Morgan fingerprint density at radius 3 is 1.08 bits per heavy atom. The highest BCUT2D eigenvalue weighted by Gasteiger charge is 2.02. The first-order valence-electron chi connectivity index (χ1n) is 9.14. The van der Waals surface area contributed by atoms with Crippen molar-refractivity contribution in [3.05, 3.63) is 34.9 Å². The predicted octanol–water partition coefficient (Wildman–Crippen LogP) is 0.424. The van der Waals surface area contributed by atoms with Crippen LogP contribution in [0.15, 0.2) is 18.2 Å². The number of nitrogens with two attached hydrogens (primary N) is 3. The average molecular weight is 373 g/mol. The average Bonchev–Trinajstić information content (AvgIpc) is 2.59. The van der Waals surface area contributed by atoms with Gasteiger partial charge in [0.1, 0.15) is 0 Å². The smallest absolute Gasteiger partial charge is 0.0205 e. The maximum absolute atomic E-state index is 5.54. The van der Waals surface area contributed by atoms with Crippen LogP contribution in [-0.4, -0.2) is 39.3 Å². The van der Waals surface area contributed by atoms with E-state index in [1.54, 1.807) is 0 Å². The number of nitrogens with one attached hydrogen (secondary N) is 3. The van der Waals surface area contributed by atoms with Crippen molar-refractivity contribution in [2.75, 3.05) is 39.3 Å². The summed E-state index contributed by atoms with van der Waals surface area (Å²) in [6, 6.07) is 6.82. The van der Waals surface area contributed by atoms with E-state index in [1.807, 2.05) is 0 Å². The molecule has 1 aromatic rings.